The van der Waals surface area contributed by atoms with Crippen LogP contribution < -0.4 is 15.2 Å². The number of halogens is 1. The van der Waals surface area contributed by atoms with E-state index in [1.165, 1.54) is 0 Å². The number of nitrogen functional groups attached to an aromatic ring is 1. The van der Waals surface area contributed by atoms with E-state index in [-0.39, 0.29) is 5.84 Å². The van der Waals surface area contributed by atoms with Crippen molar-refractivity contribution in [2.75, 3.05) is 7.11 Å². The summed E-state index contributed by atoms with van der Waals surface area (Å²) in [6, 6.07) is 10.9. The van der Waals surface area contributed by atoms with E-state index in [0.717, 1.165) is 11.1 Å². The predicted molar refractivity (Wildman–Crippen MR) is 84.5 cm³/mol. The third-order valence-corrected chi connectivity index (χ3v) is 3.38. The molecule has 0 heterocycles. The lowest BCUT2D eigenvalue weighted by molar-refractivity contribution is 0.303. The van der Waals surface area contributed by atoms with Crippen LogP contribution in [0.3, 0.4) is 0 Å². The van der Waals surface area contributed by atoms with E-state index in [9.17, 15) is 0 Å². The van der Waals surface area contributed by atoms with Crippen LogP contribution in [0.4, 0.5) is 0 Å². The van der Waals surface area contributed by atoms with Crippen LogP contribution in [0.5, 0.6) is 11.5 Å². The van der Waals surface area contributed by atoms with E-state index in [2.05, 4.69) is 0 Å². The van der Waals surface area contributed by atoms with Crippen molar-refractivity contribution in [1.29, 1.82) is 5.41 Å². The lowest BCUT2D eigenvalue weighted by Gasteiger charge is -2.11. The largest absolute Gasteiger partial charge is 0.497 e. The molecule has 2 aromatic rings. The number of benzene rings is 2. The number of hydrogen-bond acceptors (Lipinski definition) is 3. The molecule has 2 aromatic carbocycles. The highest BCUT2D eigenvalue weighted by Gasteiger charge is 2.06. The van der Waals surface area contributed by atoms with E-state index < -0.39 is 0 Å². The monoisotopic (exact) mass is 304 g/mol. The molecule has 0 spiro atoms. The van der Waals surface area contributed by atoms with Gasteiger partial charge in [-0.25, -0.2) is 0 Å². The second-order valence-corrected chi connectivity index (χ2v) is 5.10. The molecule has 0 fully saturated rings. The maximum Gasteiger partial charge on any atom is 0.124 e. The van der Waals surface area contributed by atoms with Crippen LogP contribution in [-0.2, 0) is 6.61 Å². The molecule has 0 amide bonds. The summed E-state index contributed by atoms with van der Waals surface area (Å²) in [5.41, 5.74) is 8.06. The Morgan fingerprint density at radius 2 is 1.90 bits per heavy atom. The normalized spacial score (nSPS) is 10.2. The van der Waals surface area contributed by atoms with Crippen molar-refractivity contribution >= 4 is 17.4 Å². The molecule has 0 bridgehead atoms. The quantitative estimate of drug-likeness (QED) is 0.656. The highest BCUT2D eigenvalue weighted by Crippen LogP contribution is 2.25. The molecule has 0 aromatic heterocycles. The Kier molecular flexibility index (Phi) is 4.70. The Morgan fingerprint density at radius 1 is 1.19 bits per heavy atom. The molecule has 21 heavy (non-hydrogen) atoms. The minimum Gasteiger partial charge on any atom is -0.497 e. The second kappa shape index (κ2) is 6.50. The van der Waals surface area contributed by atoms with Gasteiger partial charge in [-0.2, -0.15) is 0 Å². The average molecular weight is 305 g/mol. The fourth-order valence-electron chi connectivity index (χ4n) is 1.86. The summed E-state index contributed by atoms with van der Waals surface area (Å²) in [6.07, 6.45) is 0. The molecular weight excluding hydrogens is 288 g/mol. The molecule has 110 valence electrons. The number of nitrogens with two attached hydrogens (primary N) is 1. The van der Waals surface area contributed by atoms with Gasteiger partial charge in [0.05, 0.1) is 7.11 Å². The van der Waals surface area contributed by atoms with Crippen molar-refractivity contribution in [3.63, 3.8) is 0 Å². The first-order chi connectivity index (χ1) is 9.99. The third kappa shape index (κ3) is 3.89. The first-order valence-corrected chi connectivity index (χ1v) is 6.78. The molecule has 0 aliphatic rings. The standard InChI is InChI=1S/C16H17ClN2O2/c1-10-3-4-11(15(17)5-10)9-21-14-7-12(16(18)19)6-13(8-14)20-2/h3-8H,9H2,1-2H3,(H3,18,19). The summed E-state index contributed by atoms with van der Waals surface area (Å²) in [6.45, 7) is 2.32. The van der Waals surface area contributed by atoms with Gasteiger partial charge in [-0.05, 0) is 30.7 Å². The number of hydrogen-bond donors (Lipinski definition) is 2. The Hall–Kier alpha value is -2.20. The number of aryl methyl sites for hydroxylation is 1. The van der Waals surface area contributed by atoms with Crippen molar-refractivity contribution in [3.8, 4) is 11.5 Å². The summed E-state index contributed by atoms with van der Waals surface area (Å²) in [5.74, 6) is 1.14. The summed E-state index contributed by atoms with van der Waals surface area (Å²) < 4.78 is 10.9. The summed E-state index contributed by atoms with van der Waals surface area (Å²) in [7, 11) is 1.56. The molecule has 3 N–H and O–H groups in total. The van der Waals surface area contributed by atoms with Gasteiger partial charge in [0, 0.05) is 22.2 Å². The topological polar surface area (TPSA) is 68.3 Å². The fourth-order valence-corrected chi connectivity index (χ4v) is 2.15. The maximum atomic E-state index is 7.50. The van der Waals surface area contributed by atoms with Gasteiger partial charge in [-0.15, -0.1) is 0 Å². The maximum absolute atomic E-state index is 7.50. The molecule has 0 saturated heterocycles. The van der Waals surface area contributed by atoms with Gasteiger partial charge < -0.3 is 15.2 Å². The van der Waals surface area contributed by atoms with Gasteiger partial charge in [0.15, 0.2) is 0 Å². The fraction of sp³-hybridized carbons (Fsp3) is 0.188. The van der Waals surface area contributed by atoms with Gasteiger partial charge in [-0.1, -0.05) is 23.7 Å². The molecule has 4 nitrogen and oxygen atoms in total. The van der Waals surface area contributed by atoms with Crippen molar-refractivity contribution < 1.29 is 9.47 Å². The zero-order valence-corrected chi connectivity index (χ0v) is 12.7. The lowest BCUT2D eigenvalue weighted by Crippen LogP contribution is -2.11. The summed E-state index contributed by atoms with van der Waals surface area (Å²) in [5, 5.41) is 8.17. The zero-order chi connectivity index (χ0) is 15.4. The van der Waals surface area contributed by atoms with Crippen molar-refractivity contribution in [1.82, 2.24) is 0 Å². The predicted octanol–water partition coefficient (Wildman–Crippen LogP) is 3.52. The molecule has 0 atom stereocenters. The highest BCUT2D eigenvalue weighted by molar-refractivity contribution is 6.31. The van der Waals surface area contributed by atoms with Crippen LogP contribution in [0.2, 0.25) is 5.02 Å². The first kappa shape index (κ1) is 15.2. The van der Waals surface area contributed by atoms with Crippen LogP contribution in [0.1, 0.15) is 16.7 Å². The van der Waals surface area contributed by atoms with Gasteiger partial charge in [-0.3, -0.25) is 5.41 Å². The van der Waals surface area contributed by atoms with E-state index in [0.29, 0.717) is 28.7 Å². The minimum absolute atomic E-state index is 0.0351. The van der Waals surface area contributed by atoms with Crippen LogP contribution in [0.15, 0.2) is 36.4 Å². The van der Waals surface area contributed by atoms with Crippen LogP contribution >= 0.6 is 11.6 Å². The first-order valence-electron chi connectivity index (χ1n) is 6.41. The molecular formula is C16H17ClN2O2. The zero-order valence-electron chi connectivity index (χ0n) is 11.9. The molecule has 5 heteroatoms. The van der Waals surface area contributed by atoms with E-state index in [4.69, 9.17) is 32.2 Å². The molecule has 0 radical (unpaired) electrons. The van der Waals surface area contributed by atoms with E-state index in [1.807, 2.05) is 25.1 Å². The number of nitrogens with one attached hydrogen (secondary N) is 1. The summed E-state index contributed by atoms with van der Waals surface area (Å²) >= 11 is 6.18. The van der Waals surface area contributed by atoms with Crippen molar-refractivity contribution in [2.45, 2.75) is 13.5 Å². The van der Waals surface area contributed by atoms with Crippen molar-refractivity contribution in [3.05, 3.63) is 58.1 Å². The van der Waals surface area contributed by atoms with E-state index in [1.54, 1.807) is 25.3 Å². The van der Waals surface area contributed by atoms with Gasteiger partial charge in [0.1, 0.15) is 23.9 Å². The Labute approximate surface area is 129 Å². The second-order valence-electron chi connectivity index (χ2n) is 4.69. The highest BCUT2D eigenvalue weighted by atomic mass is 35.5. The van der Waals surface area contributed by atoms with E-state index >= 15 is 0 Å². The van der Waals surface area contributed by atoms with Gasteiger partial charge in [0.2, 0.25) is 0 Å². The SMILES string of the molecule is COc1cc(OCc2ccc(C)cc2Cl)cc(C(=N)N)c1. The Balaban J connectivity index is 2.19. The number of methoxy groups -OCH3 is 1. The molecule has 0 aliphatic heterocycles. The van der Waals surface area contributed by atoms with Crippen LogP contribution in [0, 0.1) is 12.3 Å². The smallest absolute Gasteiger partial charge is 0.124 e. The minimum atomic E-state index is -0.0351. The number of ether oxygens (including phenoxy) is 2. The van der Waals surface area contributed by atoms with Crippen molar-refractivity contribution in [2.24, 2.45) is 5.73 Å². The number of rotatable bonds is 5. The van der Waals surface area contributed by atoms with Crippen LogP contribution in [-0.4, -0.2) is 12.9 Å². The van der Waals surface area contributed by atoms with Gasteiger partial charge in [0.25, 0.3) is 0 Å². The molecule has 0 aliphatic carbocycles. The number of amidine groups is 1. The average Bonchev–Trinajstić information content (AvgIpc) is 2.46. The summed E-state index contributed by atoms with van der Waals surface area (Å²) in [4.78, 5) is 0. The third-order valence-electron chi connectivity index (χ3n) is 3.03. The van der Waals surface area contributed by atoms with Gasteiger partial charge >= 0.3 is 0 Å². The Morgan fingerprint density at radius 3 is 2.52 bits per heavy atom. The molecule has 0 unspecified atom stereocenters. The molecule has 0 saturated carbocycles. The Bertz CT molecular complexity index is 671. The lowest BCUT2D eigenvalue weighted by atomic mass is 10.1. The molecule has 2 rings (SSSR count). The van der Waals surface area contributed by atoms with Crippen LogP contribution in [0.25, 0.3) is 0 Å².